The molecular formula is C29H38N6O4. The predicted octanol–water partition coefficient (Wildman–Crippen LogP) is 4.84. The first-order valence-corrected chi connectivity index (χ1v) is 13.2. The van der Waals surface area contributed by atoms with Crippen molar-refractivity contribution in [3.05, 3.63) is 69.8 Å². The molecule has 1 N–H and O–H groups in total. The molecule has 0 amide bonds. The van der Waals surface area contributed by atoms with Crippen molar-refractivity contribution >= 4 is 10.9 Å². The second kappa shape index (κ2) is 11.9. The number of fused-ring (bicyclic) bond motifs is 1. The highest BCUT2D eigenvalue weighted by atomic mass is 16.5. The summed E-state index contributed by atoms with van der Waals surface area (Å²) in [6.07, 6.45) is 1.63. The fourth-order valence-electron chi connectivity index (χ4n) is 4.74. The van der Waals surface area contributed by atoms with Crippen molar-refractivity contribution in [3.63, 3.8) is 0 Å². The van der Waals surface area contributed by atoms with Gasteiger partial charge in [0.15, 0.2) is 17.3 Å². The Morgan fingerprint density at radius 3 is 2.28 bits per heavy atom. The monoisotopic (exact) mass is 534 g/mol. The van der Waals surface area contributed by atoms with Crippen LogP contribution in [0, 0.1) is 0 Å². The van der Waals surface area contributed by atoms with Crippen LogP contribution in [-0.2, 0) is 18.6 Å². The van der Waals surface area contributed by atoms with Crippen LogP contribution in [0.3, 0.4) is 0 Å². The van der Waals surface area contributed by atoms with E-state index in [1.165, 1.54) is 0 Å². The molecule has 4 aromatic rings. The van der Waals surface area contributed by atoms with E-state index in [2.05, 4.69) is 53.1 Å². The molecule has 4 rings (SSSR count). The Bertz CT molecular complexity index is 1460. The van der Waals surface area contributed by atoms with Crippen LogP contribution >= 0.6 is 0 Å². The lowest BCUT2D eigenvalue weighted by molar-refractivity contribution is 0.150. The fourth-order valence-corrected chi connectivity index (χ4v) is 4.74. The molecule has 39 heavy (non-hydrogen) atoms. The molecule has 2 aromatic heterocycles. The van der Waals surface area contributed by atoms with Crippen LogP contribution in [0.25, 0.3) is 10.9 Å². The van der Waals surface area contributed by atoms with E-state index in [1.54, 1.807) is 27.4 Å². The highest BCUT2D eigenvalue weighted by Crippen LogP contribution is 2.33. The van der Waals surface area contributed by atoms with Gasteiger partial charge in [0, 0.05) is 30.1 Å². The Labute approximate surface area is 228 Å². The minimum absolute atomic E-state index is 0.131. The molecule has 0 fully saturated rings. The van der Waals surface area contributed by atoms with Crippen molar-refractivity contribution < 1.29 is 14.2 Å². The molecule has 0 saturated heterocycles. The minimum atomic E-state index is -0.256. The topological polar surface area (TPSA) is 107 Å². The minimum Gasteiger partial charge on any atom is -0.497 e. The first kappa shape index (κ1) is 28.1. The van der Waals surface area contributed by atoms with Crippen LogP contribution < -0.4 is 19.8 Å². The summed E-state index contributed by atoms with van der Waals surface area (Å²) >= 11 is 0. The molecule has 1 atom stereocenters. The summed E-state index contributed by atoms with van der Waals surface area (Å²) in [6.45, 7) is 9.48. The van der Waals surface area contributed by atoms with E-state index in [-0.39, 0.29) is 17.1 Å². The van der Waals surface area contributed by atoms with Crippen molar-refractivity contribution in [1.82, 2.24) is 30.1 Å². The van der Waals surface area contributed by atoms with Crippen LogP contribution in [0.15, 0.2) is 47.3 Å². The summed E-state index contributed by atoms with van der Waals surface area (Å²) in [6, 6.07) is 13.4. The highest BCUT2D eigenvalue weighted by Gasteiger charge is 2.31. The Morgan fingerprint density at radius 1 is 0.974 bits per heavy atom. The number of ether oxygens (including phenoxy) is 3. The van der Waals surface area contributed by atoms with Crippen LogP contribution in [0.2, 0.25) is 0 Å². The molecule has 10 heteroatoms. The van der Waals surface area contributed by atoms with E-state index in [4.69, 9.17) is 14.2 Å². The van der Waals surface area contributed by atoms with Crippen molar-refractivity contribution in [3.8, 4) is 17.2 Å². The Balaban J connectivity index is 1.78. The SMILES string of the molecule is CC[C@@H](c1nnnn1C(C)(C)CC)N(Cc1ccc(OC)cc1)Cc1cc2cc(OC)c(OC)cc2[nH]c1=O. The number of tetrazole rings is 1. The largest absolute Gasteiger partial charge is 0.497 e. The zero-order valence-corrected chi connectivity index (χ0v) is 23.8. The first-order chi connectivity index (χ1) is 18.7. The summed E-state index contributed by atoms with van der Waals surface area (Å²) in [7, 11) is 4.83. The molecule has 0 spiro atoms. The van der Waals surface area contributed by atoms with Crippen LogP contribution in [0.4, 0.5) is 0 Å². The van der Waals surface area contributed by atoms with Crippen molar-refractivity contribution in [2.24, 2.45) is 0 Å². The molecule has 208 valence electrons. The summed E-state index contributed by atoms with van der Waals surface area (Å²) in [4.78, 5) is 18.6. The Hall–Kier alpha value is -3.92. The number of nitrogens with one attached hydrogen (secondary N) is 1. The van der Waals surface area contributed by atoms with Crippen molar-refractivity contribution in [1.29, 1.82) is 0 Å². The van der Waals surface area contributed by atoms with Gasteiger partial charge in [-0.05, 0) is 66.9 Å². The van der Waals surface area contributed by atoms with Gasteiger partial charge in [-0.1, -0.05) is 26.0 Å². The zero-order chi connectivity index (χ0) is 28.2. The third kappa shape index (κ3) is 5.90. The highest BCUT2D eigenvalue weighted by molar-refractivity contribution is 5.83. The number of hydrogen-bond acceptors (Lipinski definition) is 8. The second-order valence-electron chi connectivity index (χ2n) is 10.2. The van der Waals surface area contributed by atoms with Gasteiger partial charge in [-0.3, -0.25) is 9.69 Å². The molecule has 10 nitrogen and oxygen atoms in total. The second-order valence-corrected chi connectivity index (χ2v) is 10.2. The maximum Gasteiger partial charge on any atom is 0.252 e. The lowest BCUT2D eigenvalue weighted by atomic mass is 10.0. The van der Waals surface area contributed by atoms with Gasteiger partial charge in [0.1, 0.15) is 5.75 Å². The van der Waals surface area contributed by atoms with Gasteiger partial charge in [0.25, 0.3) is 5.56 Å². The van der Waals surface area contributed by atoms with Crippen LogP contribution in [0.5, 0.6) is 17.2 Å². The van der Waals surface area contributed by atoms with Gasteiger partial charge in [0.2, 0.25) is 0 Å². The molecule has 0 aliphatic rings. The van der Waals surface area contributed by atoms with E-state index in [0.29, 0.717) is 35.7 Å². The van der Waals surface area contributed by atoms with Gasteiger partial charge >= 0.3 is 0 Å². The van der Waals surface area contributed by atoms with E-state index in [0.717, 1.165) is 35.4 Å². The van der Waals surface area contributed by atoms with Crippen molar-refractivity contribution in [2.45, 2.75) is 65.2 Å². The Kier molecular flexibility index (Phi) is 8.54. The fraction of sp³-hybridized carbons (Fsp3) is 0.448. The van der Waals surface area contributed by atoms with Crippen LogP contribution in [-0.4, -0.2) is 51.4 Å². The Morgan fingerprint density at radius 2 is 1.67 bits per heavy atom. The molecule has 0 aliphatic heterocycles. The summed E-state index contributed by atoms with van der Waals surface area (Å²) in [5, 5.41) is 13.7. The number of aromatic nitrogens is 5. The summed E-state index contributed by atoms with van der Waals surface area (Å²) in [5.41, 5.74) is 2.00. The smallest absolute Gasteiger partial charge is 0.252 e. The van der Waals surface area contributed by atoms with Gasteiger partial charge in [-0.2, -0.15) is 0 Å². The van der Waals surface area contributed by atoms with Crippen molar-refractivity contribution in [2.75, 3.05) is 21.3 Å². The van der Waals surface area contributed by atoms with E-state index in [9.17, 15) is 4.79 Å². The predicted molar refractivity (Wildman–Crippen MR) is 150 cm³/mol. The molecular weight excluding hydrogens is 496 g/mol. The maximum atomic E-state index is 13.3. The number of pyridine rings is 1. The first-order valence-electron chi connectivity index (χ1n) is 13.2. The van der Waals surface area contributed by atoms with Crippen LogP contribution in [0.1, 0.15) is 63.5 Å². The quantitative estimate of drug-likeness (QED) is 0.275. The molecule has 0 aliphatic carbocycles. The number of methoxy groups -OCH3 is 3. The molecule has 0 radical (unpaired) electrons. The maximum absolute atomic E-state index is 13.3. The molecule has 0 bridgehead atoms. The standard InChI is InChI=1S/C29H38N6O4/c1-8-24(27-31-32-33-35(27)29(3,4)9-2)34(17-19-10-12-22(37-5)13-11-19)18-21-14-20-15-25(38-6)26(39-7)16-23(20)30-28(21)36/h10-16,24H,8-9,17-18H2,1-7H3,(H,30,36)/t24-/m0/s1. The van der Waals surface area contributed by atoms with Gasteiger partial charge in [-0.25, -0.2) is 4.68 Å². The van der Waals surface area contributed by atoms with Gasteiger partial charge in [-0.15, -0.1) is 5.10 Å². The number of H-pyrrole nitrogens is 1. The zero-order valence-electron chi connectivity index (χ0n) is 23.8. The number of rotatable bonds is 12. The van der Waals surface area contributed by atoms with E-state index >= 15 is 0 Å². The van der Waals surface area contributed by atoms with E-state index < -0.39 is 0 Å². The number of nitrogens with zero attached hydrogens (tertiary/aromatic N) is 5. The normalized spacial score (nSPS) is 12.6. The van der Waals surface area contributed by atoms with Gasteiger partial charge < -0.3 is 19.2 Å². The number of benzene rings is 2. The van der Waals surface area contributed by atoms with E-state index in [1.807, 2.05) is 41.1 Å². The summed E-state index contributed by atoms with van der Waals surface area (Å²) in [5.74, 6) is 2.74. The lowest BCUT2D eigenvalue weighted by Crippen LogP contribution is -2.36. The number of hydrogen-bond donors (Lipinski definition) is 1. The number of aromatic amines is 1. The third-order valence-corrected chi connectivity index (χ3v) is 7.40. The molecule has 2 aromatic carbocycles. The molecule has 0 unspecified atom stereocenters. The molecule has 0 saturated carbocycles. The average Bonchev–Trinajstić information content (AvgIpc) is 3.44. The average molecular weight is 535 g/mol. The summed E-state index contributed by atoms with van der Waals surface area (Å²) < 4.78 is 18.2. The lowest BCUT2D eigenvalue weighted by Gasteiger charge is -2.33. The third-order valence-electron chi connectivity index (χ3n) is 7.40. The molecule has 2 heterocycles. The van der Waals surface area contributed by atoms with Gasteiger partial charge in [0.05, 0.1) is 38.4 Å².